The predicted molar refractivity (Wildman–Crippen MR) is 137 cm³/mol. The lowest BCUT2D eigenvalue weighted by Crippen LogP contribution is -2.49. The SMILES string of the molecule is Cc1cccc(N2CCN(CC(=O)Nc3c(C#N)c(C)c(C)n3Cc3ccccc3)CC2)c1C. The highest BCUT2D eigenvalue weighted by Gasteiger charge is 2.23. The molecule has 1 saturated heterocycles. The topological polar surface area (TPSA) is 64.3 Å². The van der Waals surface area contributed by atoms with Crippen molar-refractivity contribution in [3.63, 3.8) is 0 Å². The van der Waals surface area contributed by atoms with E-state index >= 15 is 0 Å². The molecule has 0 aliphatic carbocycles. The van der Waals surface area contributed by atoms with Crippen LogP contribution in [0.4, 0.5) is 11.5 Å². The number of nitrogens with one attached hydrogen (secondary N) is 1. The van der Waals surface area contributed by atoms with Crippen LogP contribution in [0.1, 0.15) is 33.5 Å². The second-order valence-corrected chi connectivity index (χ2v) is 9.15. The minimum absolute atomic E-state index is 0.0801. The summed E-state index contributed by atoms with van der Waals surface area (Å²) in [6.45, 7) is 12.6. The molecule has 1 N–H and O–H groups in total. The summed E-state index contributed by atoms with van der Waals surface area (Å²) >= 11 is 0. The Balaban J connectivity index is 1.43. The van der Waals surface area contributed by atoms with Crippen LogP contribution in [-0.4, -0.2) is 48.1 Å². The molecule has 3 aromatic rings. The number of carbonyl (C=O) groups excluding carboxylic acids is 1. The third-order valence-electron chi connectivity index (χ3n) is 7.04. The monoisotopic (exact) mass is 455 g/mol. The molecule has 0 bridgehead atoms. The van der Waals surface area contributed by atoms with E-state index in [4.69, 9.17) is 0 Å². The molecule has 6 nitrogen and oxygen atoms in total. The highest BCUT2D eigenvalue weighted by atomic mass is 16.2. The van der Waals surface area contributed by atoms with Crippen LogP contribution in [0, 0.1) is 39.0 Å². The Hall–Kier alpha value is -3.56. The molecule has 1 amide bonds. The summed E-state index contributed by atoms with van der Waals surface area (Å²) in [4.78, 5) is 17.6. The molecule has 1 aromatic heterocycles. The van der Waals surface area contributed by atoms with Crippen molar-refractivity contribution in [1.82, 2.24) is 9.47 Å². The van der Waals surface area contributed by atoms with Crippen LogP contribution >= 0.6 is 0 Å². The molecule has 0 radical (unpaired) electrons. The molecule has 34 heavy (non-hydrogen) atoms. The van der Waals surface area contributed by atoms with Crippen molar-refractivity contribution in [1.29, 1.82) is 5.26 Å². The number of nitrogens with zero attached hydrogens (tertiary/aromatic N) is 4. The number of hydrogen-bond donors (Lipinski definition) is 1. The Bertz CT molecular complexity index is 1210. The molecule has 0 unspecified atom stereocenters. The van der Waals surface area contributed by atoms with Crippen LogP contribution in [0.3, 0.4) is 0 Å². The van der Waals surface area contributed by atoms with Gasteiger partial charge in [-0.15, -0.1) is 0 Å². The maximum Gasteiger partial charge on any atom is 0.239 e. The Morgan fingerprint density at radius 3 is 2.32 bits per heavy atom. The second-order valence-electron chi connectivity index (χ2n) is 9.15. The largest absolute Gasteiger partial charge is 0.369 e. The van der Waals surface area contributed by atoms with Gasteiger partial charge in [0.15, 0.2) is 0 Å². The Morgan fingerprint density at radius 2 is 1.65 bits per heavy atom. The quantitative estimate of drug-likeness (QED) is 0.598. The predicted octanol–water partition coefficient (Wildman–Crippen LogP) is 4.40. The number of anilines is 2. The van der Waals surface area contributed by atoms with Crippen LogP contribution in [0.2, 0.25) is 0 Å². The fourth-order valence-electron chi connectivity index (χ4n) is 4.69. The van der Waals surface area contributed by atoms with Gasteiger partial charge < -0.3 is 14.8 Å². The van der Waals surface area contributed by atoms with E-state index in [1.54, 1.807) is 0 Å². The van der Waals surface area contributed by atoms with Gasteiger partial charge in [-0.1, -0.05) is 42.5 Å². The van der Waals surface area contributed by atoms with Gasteiger partial charge in [-0.2, -0.15) is 5.26 Å². The number of benzene rings is 2. The maximum atomic E-state index is 13.0. The standard InChI is InChI=1S/C28H33N5O/c1-20-9-8-12-26(21(20)2)32-15-13-31(14-16-32)19-27(34)30-28-25(17-29)22(3)23(4)33(28)18-24-10-6-5-7-11-24/h5-12H,13-16,18-19H2,1-4H3,(H,30,34). The average Bonchev–Trinajstić information content (AvgIpc) is 3.05. The zero-order valence-electron chi connectivity index (χ0n) is 20.6. The van der Waals surface area contributed by atoms with E-state index in [-0.39, 0.29) is 5.91 Å². The zero-order chi connectivity index (χ0) is 24.2. The molecular formula is C28H33N5O. The highest BCUT2D eigenvalue weighted by Crippen LogP contribution is 2.28. The molecule has 1 aliphatic heterocycles. The number of carbonyl (C=O) groups is 1. The number of aryl methyl sites for hydroxylation is 1. The number of rotatable bonds is 6. The number of hydrogen-bond acceptors (Lipinski definition) is 4. The lowest BCUT2D eigenvalue weighted by Gasteiger charge is -2.36. The number of nitriles is 1. The first-order chi connectivity index (χ1) is 16.4. The third-order valence-corrected chi connectivity index (χ3v) is 7.04. The summed E-state index contributed by atoms with van der Waals surface area (Å²) < 4.78 is 2.04. The maximum absolute atomic E-state index is 13.0. The molecule has 176 valence electrons. The van der Waals surface area contributed by atoms with Crippen molar-refractivity contribution in [3.05, 3.63) is 82.0 Å². The summed E-state index contributed by atoms with van der Waals surface area (Å²) in [5.41, 5.74) is 7.49. The lowest BCUT2D eigenvalue weighted by molar-refractivity contribution is -0.117. The normalized spacial score (nSPS) is 14.1. The Kier molecular flexibility index (Phi) is 7.04. The van der Waals surface area contributed by atoms with Gasteiger partial charge in [-0.05, 0) is 56.0 Å². The molecule has 6 heteroatoms. The molecule has 1 aliphatic rings. The van der Waals surface area contributed by atoms with E-state index in [1.807, 2.05) is 36.6 Å². The third kappa shape index (κ3) is 4.85. The summed E-state index contributed by atoms with van der Waals surface area (Å²) in [7, 11) is 0. The molecule has 2 aromatic carbocycles. The van der Waals surface area contributed by atoms with Gasteiger partial charge >= 0.3 is 0 Å². The lowest BCUT2D eigenvalue weighted by atomic mass is 10.1. The number of amides is 1. The van der Waals surface area contributed by atoms with E-state index in [2.05, 4.69) is 65.4 Å². The number of piperazine rings is 1. The van der Waals surface area contributed by atoms with Gasteiger partial charge in [0.25, 0.3) is 0 Å². The fraction of sp³-hybridized carbons (Fsp3) is 0.357. The van der Waals surface area contributed by atoms with E-state index in [9.17, 15) is 10.1 Å². The van der Waals surface area contributed by atoms with E-state index in [1.165, 1.54) is 16.8 Å². The van der Waals surface area contributed by atoms with Crippen molar-refractivity contribution in [2.45, 2.75) is 34.2 Å². The first-order valence-electron chi connectivity index (χ1n) is 11.9. The molecule has 2 heterocycles. The second kappa shape index (κ2) is 10.1. The summed E-state index contributed by atoms with van der Waals surface area (Å²) in [5, 5.41) is 12.9. The van der Waals surface area contributed by atoms with Gasteiger partial charge in [0.1, 0.15) is 11.9 Å². The van der Waals surface area contributed by atoms with E-state index in [0.717, 1.165) is 43.0 Å². The molecule has 4 rings (SSSR count). The smallest absolute Gasteiger partial charge is 0.239 e. The molecule has 1 fully saturated rings. The van der Waals surface area contributed by atoms with Crippen molar-refractivity contribution < 1.29 is 4.79 Å². The molecule has 0 atom stereocenters. The molecule has 0 saturated carbocycles. The van der Waals surface area contributed by atoms with Crippen molar-refractivity contribution in [2.75, 3.05) is 42.9 Å². The summed E-state index contributed by atoms with van der Waals surface area (Å²) in [5.74, 6) is 0.517. The minimum atomic E-state index is -0.0801. The van der Waals surface area contributed by atoms with Gasteiger partial charge in [-0.25, -0.2) is 0 Å². The van der Waals surface area contributed by atoms with Crippen molar-refractivity contribution in [3.8, 4) is 6.07 Å². The number of aromatic nitrogens is 1. The van der Waals surface area contributed by atoms with Gasteiger partial charge in [0.2, 0.25) is 5.91 Å². The van der Waals surface area contributed by atoms with Gasteiger partial charge in [0.05, 0.1) is 12.1 Å². The summed E-state index contributed by atoms with van der Waals surface area (Å²) in [6, 6.07) is 18.8. The van der Waals surface area contributed by atoms with Crippen LogP contribution in [-0.2, 0) is 11.3 Å². The van der Waals surface area contributed by atoms with Gasteiger partial charge in [-0.3, -0.25) is 9.69 Å². The average molecular weight is 456 g/mol. The first kappa shape index (κ1) is 23.6. The Morgan fingerprint density at radius 1 is 0.941 bits per heavy atom. The molecule has 0 spiro atoms. The van der Waals surface area contributed by atoms with Crippen LogP contribution < -0.4 is 10.2 Å². The van der Waals surface area contributed by atoms with Crippen molar-refractivity contribution >= 4 is 17.4 Å². The van der Waals surface area contributed by atoms with Crippen LogP contribution in [0.5, 0.6) is 0 Å². The first-order valence-corrected chi connectivity index (χ1v) is 11.9. The Labute approximate surface area is 202 Å². The van der Waals surface area contributed by atoms with Gasteiger partial charge in [0, 0.05) is 44.1 Å². The fourth-order valence-corrected chi connectivity index (χ4v) is 4.69. The summed E-state index contributed by atoms with van der Waals surface area (Å²) in [6.07, 6.45) is 0. The van der Waals surface area contributed by atoms with Crippen LogP contribution in [0.25, 0.3) is 0 Å². The van der Waals surface area contributed by atoms with E-state index in [0.29, 0.717) is 24.5 Å². The highest BCUT2D eigenvalue weighted by molar-refractivity contribution is 5.93. The van der Waals surface area contributed by atoms with E-state index < -0.39 is 0 Å². The molecular weight excluding hydrogens is 422 g/mol. The van der Waals surface area contributed by atoms with Crippen molar-refractivity contribution in [2.24, 2.45) is 0 Å². The zero-order valence-corrected chi connectivity index (χ0v) is 20.6. The minimum Gasteiger partial charge on any atom is -0.369 e. The van der Waals surface area contributed by atoms with Crippen LogP contribution in [0.15, 0.2) is 48.5 Å².